The van der Waals surface area contributed by atoms with Crippen LogP contribution in [0.25, 0.3) is 0 Å². The first kappa shape index (κ1) is 16.3. The summed E-state index contributed by atoms with van der Waals surface area (Å²) in [7, 11) is 0. The van der Waals surface area contributed by atoms with Crippen LogP contribution in [0.5, 0.6) is 0 Å². The molecule has 108 valence electrons. The van der Waals surface area contributed by atoms with Gasteiger partial charge in [0.05, 0.1) is 25.9 Å². The minimum absolute atomic E-state index is 0.322. The highest BCUT2D eigenvalue weighted by atomic mass is 32.2. The summed E-state index contributed by atoms with van der Waals surface area (Å²) >= 11 is 1.70. The Kier molecular flexibility index (Phi) is 8.66. The van der Waals surface area contributed by atoms with Crippen LogP contribution in [0.4, 0.5) is 5.69 Å². The zero-order valence-electron chi connectivity index (χ0n) is 11.6. The molecule has 5 heteroatoms. The number of rotatable bonds is 10. The lowest BCUT2D eigenvalue weighted by Gasteiger charge is -2.13. The van der Waals surface area contributed by atoms with E-state index < -0.39 is 6.10 Å². The second-order valence-corrected chi connectivity index (χ2v) is 4.92. The molecule has 4 nitrogen and oxygen atoms in total. The van der Waals surface area contributed by atoms with Crippen LogP contribution in [0.15, 0.2) is 29.2 Å². The number of aliphatic hydroxyl groups is 1. The molecule has 2 N–H and O–H groups in total. The molecule has 0 aliphatic carbocycles. The van der Waals surface area contributed by atoms with Gasteiger partial charge in [-0.2, -0.15) is 0 Å². The maximum absolute atomic E-state index is 9.76. The first-order chi connectivity index (χ1) is 9.26. The first-order valence-electron chi connectivity index (χ1n) is 6.47. The average molecular weight is 285 g/mol. The van der Waals surface area contributed by atoms with Gasteiger partial charge in [-0.1, -0.05) is 6.07 Å². The summed E-state index contributed by atoms with van der Waals surface area (Å²) in [5.41, 5.74) is 1.01. The van der Waals surface area contributed by atoms with Crippen molar-refractivity contribution in [1.29, 1.82) is 0 Å². The molecule has 19 heavy (non-hydrogen) atoms. The third-order valence-electron chi connectivity index (χ3n) is 2.50. The van der Waals surface area contributed by atoms with Gasteiger partial charge in [0.25, 0.3) is 0 Å². The number of benzene rings is 1. The van der Waals surface area contributed by atoms with E-state index in [-0.39, 0.29) is 0 Å². The number of nitrogens with one attached hydrogen (secondary N) is 1. The predicted octanol–water partition coefficient (Wildman–Crippen LogP) is 2.23. The van der Waals surface area contributed by atoms with E-state index in [4.69, 9.17) is 9.47 Å². The molecule has 0 radical (unpaired) electrons. The number of hydrogen-bond donors (Lipinski definition) is 2. The summed E-state index contributed by atoms with van der Waals surface area (Å²) in [5.74, 6) is 0. The number of anilines is 1. The number of hydrogen-bond acceptors (Lipinski definition) is 5. The molecule has 1 aromatic rings. The largest absolute Gasteiger partial charge is 0.389 e. The molecular formula is C14H23NO3S. The van der Waals surface area contributed by atoms with Crippen LogP contribution >= 0.6 is 11.8 Å². The summed E-state index contributed by atoms with van der Waals surface area (Å²) in [6, 6.07) is 8.11. The molecule has 0 spiro atoms. The van der Waals surface area contributed by atoms with Gasteiger partial charge >= 0.3 is 0 Å². The molecule has 0 aliphatic rings. The highest BCUT2D eigenvalue weighted by molar-refractivity contribution is 7.98. The minimum atomic E-state index is -0.514. The number of aliphatic hydroxyl groups excluding tert-OH is 1. The Hall–Kier alpha value is -0.750. The van der Waals surface area contributed by atoms with Gasteiger partial charge in [0.15, 0.2) is 0 Å². The highest BCUT2D eigenvalue weighted by Gasteiger charge is 2.04. The van der Waals surface area contributed by atoms with E-state index in [1.54, 1.807) is 11.8 Å². The van der Waals surface area contributed by atoms with E-state index in [0.29, 0.717) is 33.0 Å². The van der Waals surface area contributed by atoms with Crippen molar-refractivity contribution in [3.05, 3.63) is 24.3 Å². The lowest BCUT2D eigenvalue weighted by molar-refractivity contribution is 0.0103. The fraction of sp³-hybridized carbons (Fsp3) is 0.571. The molecule has 0 aromatic heterocycles. The summed E-state index contributed by atoms with van der Waals surface area (Å²) in [6.45, 7) is 4.54. The smallest absolute Gasteiger partial charge is 0.0945 e. The normalized spacial score (nSPS) is 12.4. The van der Waals surface area contributed by atoms with Crippen LogP contribution in [0.3, 0.4) is 0 Å². The number of thioether (sulfide) groups is 1. The predicted molar refractivity (Wildman–Crippen MR) is 80.0 cm³/mol. The monoisotopic (exact) mass is 285 g/mol. The Morgan fingerprint density at radius 2 is 2.11 bits per heavy atom. The third kappa shape index (κ3) is 7.42. The average Bonchev–Trinajstić information content (AvgIpc) is 2.45. The van der Waals surface area contributed by atoms with Crippen molar-refractivity contribution in [2.75, 3.05) is 44.5 Å². The van der Waals surface area contributed by atoms with Crippen molar-refractivity contribution >= 4 is 17.4 Å². The lowest BCUT2D eigenvalue weighted by Crippen LogP contribution is -2.25. The summed E-state index contributed by atoms with van der Waals surface area (Å²) < 4.78 is 10.5. The maximum Gasteiger partial charge on any atom is 0.0945 e. The number of ether oxygens (including phenoxy) is 2. The van der Waals surface area contributed by atoms with Crippen molar-refractivity contribution in [2.45, 2.75) is 17.9 Å². The Labute approximate surface area is 119 Å². The van der Waals surface area contributed by atoms with Crippen molar-refractivity contribution in [2.24, 2.45) is 0 Å². The van der Waals surface area contributed by atoms with Gasteiger partial charge in [0, 0.05) is 23.7 Å². The van der Waals surface area contributed by atoms with Gasteiger partial charge in [-0.3, -0.25) is 0 Å². The van der Waals surface area contributed by atoms with Gasteiger partial charge in [-0.05, 0) is 31.4 Å². The molecule has 0 heterocycles. The van der Waals surface area contributed by atoms with Crippen LogP contribution in [-0.2, 0) is 9.47 Å². The maximum atomic E-state index is 9.76. The van der Waals surface area contributed by atoms with Gasteiger partial charge in [-0.25, -0.2) is 0 Å². The van der Waals surface area contributed by atoms with E-state index >= 15 is 0 Å². The van der Waals surface area contributed by atoms with E-state index in [9.17, 15) is 5.11 Å². The molecule has 0 bridgehead atoms. The van der Waals surface area contributed by atoms with Gasteiger partial charge < -0.3 is 19.9 Å². The fourth-order valence-electron chi connectivity index (χ4n) is 1.51. The molecule has 0 saturated heterocycles. The van der Waals surface area contributed by atoms with Crippen LogP contribution < -0.4 is 5.32 Å². The molecule has 0 fully saturated rings. The Balaban J connectivity index is 2.16. The first-order valence-corrected chi connectivity index (χ1v) is 7.70. The second kappa shape index (κ2) is 10.1. The molecule has 0 saturated carbocycles. The van der Waals surface area contributed by atoms with Crippen LogP contribution in [0.2, 0.25) is 0 Å². The lowest BCUT2D eigenvalue weighted by atomic mass is 10.3. The topological polar surface area (TPSA) is 50.7 Å². The van der Waals surface area contributed by atoms with Crippen molar-refractivity contribution in [3.63, 3.8) is 0 Å². The Bertz CT molecular complexity index is 349. The van der Waals surface area contributed by atoms with Crippen LogP contribution in [-0.4, -0.2) is 50.4 Å². The standard InChI is InChI=1S/C14H23NO3S/c1-3-17-7-8-18-11-13(16)10-15-12-5-4-6-14(9-12)19-2/h4-6,9,13,15-16H,3,7-8,10-11H2,1-2H3. The third-order valence-corrected chi connectivity index (χ3v) is 3.22. The highest BCUT2D eigenvalue weighted by Crippen LogP contribution is 2.18. The molecule has 1 atom stereocenters. The van der Waals surface area contributed by atoms with E-state index in [1.807, 2.05) is 25.3 Å². The molecular weight excluding hydrogens is 262 g/mol. The zero-order chi connectivity index (χ0) is 13.9. The van der Waals surface area contributed by atoms with Crippen molar-refractivity contribution in [3.8, 4) is 0 Å². The van der Waals surface area contributed by atoms with Gasteiger partial charge in [-0.15, -0.1) is 11.8 Å². The Morgan fingerprint density at radius 1 is 1.32 bits per heavy atom. The SMILES string of the molecule is CCOCCOCC(O)CNc1cccc(SC)c1. The Morgan fingerprint density at radius 3 is 2.84 bits per heavy atom. The molecule has 1 unspecified atom stereocenters. The van der Waals surface area contributed by atoms with Gasteiger partial charge in [0.2, 0.25) is 0 Å². The van der Waals surface area contributed by atoms with Crippen molar-refractivity contribution in [1.82, 2.24) is 0 Å². The second-order valence-electron chi connectivity index (χ2n) is 4.04. The van der Waals surface area contributed by atoms with Crippen LogP contribution in [0, 0.1) is 0 Å². The van der Waals surface area contributed by atoms with E-state index in [0.717, 1.165) is 5.69 Å². The molecule has 1 aromatic carbocycles. The van der Waals surface area contributed by atoms with Crippen LogP contribution in [0.1, 0.15) is 6.92 Å². The quantitative estimate of drug-likeness (QED) is 0.510. The van der Waals surface area contributed by atoms with Crippen molar-refractivity contribution < 1.29 is 14.6 Å². The summed E-state index contributed by atoms with van der Waals surface area (Å²) in [4.78, 5) is 1.20. The zero-order valence-corrected chi connectivity index (χ0v) is 12.4. The van der Waals surface area contributed by atoms with E-state index in [2.05, 4.69) is 17.4 Å². The molecule has 0 aliphatic heterocycles. The van der Waals surface area contributed by atoms with E-state index in [1.165, 1.54) is 4.90 Å². The summed E-state index contributed by atoms with van der Waals surface area (Å²) in [6.07, 6.45) is 1.53. The fourth-order valence-corrected chi connectivity index (χ4v) is 1.97. The molecule has 0 amide bonds. The van der Waals surface area contributed by atoms with Gasteiger partial charge in [0.1, 0.15) is 0 Å². The molecule has 1 rings (SSSR count). The summed E-state index contributed by atoms with van der Waals surface area (Å²) in [5, 5.41) is 13.0. The minimum Gasteiger partial charge on any atom is -0.389 e.